The topological polar surface area (TPSA) is 97.6 Å². The molecule has 260 valence electrons. The lowest BCUT2D eigenvalue weighted by Crippen LogP contribution is -2.23. The molecule has 2 atom stereocenters. The summed E-state index contributed by atoms with van der Waals surface area (Å²) in [6.45, 7) is 11.6. The molecule has 0 saturated heterocycles. The Bertz CT molecular complexity index is 1520. The first-order valence-corrected chi connectivity index (χ1v) is 18.2. The van der Waals surface area contributed by atoms with E-state index in [-0.39, 0.29) is 24.9 Å². The Morgan fingerprint density at radius 1 is 0.750 bits per heavy atom. The number of phenols is 1. The standard InChI is InChI=1S/C41H57N3O4/c1-6-7-8-9-10-11-12-13-14-15-16-23-47-27-33(45)28-48-34-19-22-37(38(46)26-34)41-43-39(35-20-17-29(2)24-31(35)4)42-40(44-41)36-21-18-30(3)25-32(36)5/h17-22,24,26,32-33,45-46H,6-16,23,25,27-28H2,1-5H3. The molecule has 7 heteroatoms. The number of rotatable bonds is 20. The normalized spacial score (nSPS) is 15.2. The smallest absolute Gasteiger partial charge is 0.167 e. The Kier molecular flexibility index (Phi) is 15.1. The van der Waals surface area contributed by atoms with Crippen molar-refractivity contribution < 1.29 is 19.7 Å². The van der Waals surface area contributed by atoms with Crippen LogP contribution in [0.1, 0.15) is 115 Å². The molecule has 1 heterocycles. The van der Waals surface area contributed by atoms with E-state index in [9.17, 15) is 10.2 Å². The van der Waals surface area contributed by atoms with Gasteiger partial charge in [-0.05, 0) is 57.2 Å². The van der Waals surface area contributed by atoms with Crippen LogP contribution in [0, 0.1) is 19.8 Å². The number of nitrogens with zero attached hydrogens (tertiary/aromatic N) is 3. The Hall–Kier alpha value is -3.55. The summed E-state index contributed by atoms with van der Waals surface area (Å²) < 4.78 is 11.5. The number of allylic oxidation sites excluding steroid dienone is 4. The van der Waals surface area contributed by atoms with Crippen molar-refractivity contribution >= 4 is 5.57 Å². The van der Waals surface area contributed by atoms with E-state index in [0.29, 0.717) is 35.4 Å². The SMILES string of the molecule is CCCCCCCCCCCCCOCC(O)COc1ccc(-c2nc(C3=CC=C(C)CC3C)nc(-c3ccc(C)cc3C)n2)c(O)c1. The molecule has 0 amide bonds. The molecular formula is C41H57N3O4. The van der Waals surface area contributed by atoms with Crippen LogP contribution in [0.3, 0.4) is 0 Å². The fourth-order valence-electron chi connectivity index (χ4n) is 6.28. The first-order chi connectivity index (χ1) is 23.2. The third-order valence-corrected chi connectivity index (χ3v) is 9.08. The first-order valence-electron chi connectivity index (χ1n) is 18.2. The number of aliphatic hydroxyl groups excluding tert-OH is 1. The number of aromatic nitrogens is 3. The van der Waals surface area contributed by atoms with Gasteiger partial charge in [0.15, 0.2) is 17.5 Å². The van der Waals surface area contributed by atoms with E-state index in [1.54, 1.807) is 18.2 Å². The molecule has 0 bridgehead atoms. The molecule has 48 heavy (non-hydrogen) atoms. The van der Waals surface area contributed by atoms with Crippen molar-refractivity contribution in [1.29, 1.82) is 0 Å². The zero-order valence-corrected chi connectivity index (χ0v) is 29.9. The molecule has 3 aromatic rings. The monoisotopic (exact) mass is 655 g/mol. The summed E-state index contributed by atoms with van der Waals surface area (Å²) in [6, 6.07) is 11.3. The number of phenolic OH excluding ortho intramolecular Hbond substituents is 1. The van der Waals surface area contributed by atoms with Crippen molar-refractivity contribution in [3.8, 4) is 34.3 Å². The minimum Gasteiger partial charge on any atom is -0.507 e. The average molecular weight is 656 g/mol. The summed E-state index contributed by atoms with van der Waals surface area (Å²) in [7, 11) is 0. The molecule has 0 radical (unpaired) electrons. The van der Waals surface area contributed by atoms with Crippen LogP contribution in [0.2, 0.25) is 0 Å². The Morgan fingerprint density at radius 3 is 2.02 bits per heavy atom. The maximum Gasteiger partial charge on any atom is 0.167 e. The molecule has 2 aromatic carbocycles. The van der Waals surface area contributed by atoms with Crippen molar-refractivity contribution in [3.63, 3.8) is 0 Å². The van der Waals surface area contributed by atoms with Gasteiger partial charge in [0.2, 0.25) is 0 Å². The van der Waals surface area contributed by atoms with Gasteiger partial charge in [-0.3, -0.25) is 0 Å². The zero-order valence-electron chi connectivity index (χ0n) is 29.9. The molecule has 2 N–H and O–H groups in total. The number of hydrogen-bond acceptors (Lipinski definition) is 7. The number of unbranched alkanes of at least 4 members (excludes halogenated alkanes) is 10. The van der Waals surface area contributed by atoms with Gasteiger partial charge in [0.05, 0.1) is 12.2 Å². The maximum absolute atomic E-state index is 11.1. The van der Waals surface area contributed by atoms with Crippen molar-refractivity contribution in [2.45, 2.75) is 118 Å². The van der Waals surface area contributed by atoms with Crippen LogP contribution < -0.4 is 4.74 Å². The summed E-state index contributed by atoms with van der Waals surface area (Å²) >= 11 is 0. The Morgan fingerprint density at radius 2 is 1.38 bits per heavy atom. The molecule has 1 aliphatic carbocycles. The number of aromatic hydroxyl groups is 1. The minimum absolute atomic E-state index is 0.000117. The first kappa shape index (κ1) is 37.3. The van der Waals surface area contributed by atoms with Crippen LogP contribution in [0.4, 0.5) is 0 Å². The second-order valence-corrected chi connectivity index (χ2v) is 13.6. The molecular weight excluding hydrogens is 598 g/mol. The van der Waals surface area contributed by atoms with E-state index in [2.05, 4.69) is 58.9 Å². The molecule has 1 aliphatic rings. The molecule has 0 fully saturated rings. The van der Waals surface area contributed by atoms with E-state index < -0.39 is 6.10 Å². The number of aryl methyl sites for hydroxylation is 2. The third kappa shape index (κ3) is 11.6. The van der Waals surface area contributed by atoms with Gasteiger partial charge in [-0.2, -0.15) is 0 Å². The Labute approximate surface area is 288 Å². The van der Waals surface area contributed by atoms with Crippen molar-refractivity contribution in [2.24, 2.45) is 5.92 Å². The summed E-state index contributed by atoms with van der Waals surface area (Å²) in [5.41, 5.74) is 6.04. The lowest BCUT2D eigenvalue weighted by molar-refractivity contribution is 0.0109. The fourth-order valence-corrected chi connectivity index (χ4v) is 6.28. The fraction of sp³-hybridized carbons (Fsp3) is 0.537. The van der Waals surface area contributed by atoms with Crippen LogP contribution >= 0.6 is 0 Å². The molecule has 4 rings (SSSR count). The summed E-state index contributed by atoms with van der Waals surface area (Å²) in [5.74, 6) is 2.30. The summed E-state index contributed by atoms with van der Waals surface area (Å²) in [5, 5.41) is 21.5. The van der Waals surface area contributed by atoms with E-state index >= 15 is 0 Å². The Balaban J connectivity index is 1.31. The van der Waals surface area contributed by atoms with Gasteiger partial charge in [-0.1, -0.05) is 120 Å². The maximum atomic E-state index is 11.1. The predicted octanol–water partition coefficient (Wildman–Crippen LogP) is 9.96. The second kappa shape index (κ2) is 19.4. The van der Waals surface area contributed by atoms with Gasteiger partial charge in [0.1, 0.15) is 24.2 Å². The van der Waals surface area contributed by atoms with Crippen LogP contribution in [-0.4, -0.2) is 51.1 Å². The predicted molar refractivity (Wildman–Crippen MR) is 196 cm³/mol. The zero-order chi connectivity index (χ0) is 34.3. The van der Waals surface area contributed by atoms with Gasteiger partial charge in [-0.15, -0.1) is 0 Å². The number of hydrogen-bond donors (Lipinski definition) is 2. The quantitative estimate of drug-likeness (QED) is 0.117. The molecule has 0 spiro atoms. The van der Waals surface area contributed by atoms with Crippen molar-refractivity contribution in [3.05, 3.63) is 71.1 Å². The van der Waals surface area contributed by atoms with Crippen LogP contribution in [0.25, 0.3) is 28.3 Å². The van der Waals surface area contributed by atoms with Gasteiger partial charge >= 0.3 is 0 Å². The van der Waals surface area contributed by atoms with Crippen LogP contribution in [0.15, 0.2) is 54.1 Å². The van der Waals surface area contributed by atoms with Gasteiger partial charge in [0.25, 0.3) is 0 Å². The molecule has 2 unspecified atom stereocenters. The van der Waals surface area contributed by atoms with Crippen molar-refractivity contribution in [2.75, 3.05) is 19.8 Å². The van der Waals surface area contributed by atoms with Crippen molar-refractivity contribution in [1.82, 2.24) is 15.0 Å². The summed E-state index contributed by atoms with van der Waals surface area (Å²) in [4.78, 5) is 14.6. The highest BCUT2D eigenvalue weighted by Gasteiger charge is 2.22. The number of ether oxygens (including phenoxy) is 2. The van der Waals surface area contributed by atoms with Gasteiger partial charge < -0.3 is 19.7 Å². The molecule has 1 aromatic heterocycles. The van der Waals surface area contributed by atoms with Gasteiger partial charge in [0, 0.05) is 23.8 Å². The lowest BCUT2D eigenvalue weighted by atomic mass is 9.88. The van der Waals surface area contributed by atoms with E-state index in [1.807, 2.05) is 6.07 Å². The van der Waals surface area contributed by atoms with E-state index in [0.717, 1.165) is 36.0 Å². The average Bonchev–Trinajstić information content (AvgIpc) is 3.05. The van der Waals surface area contributed by atoms with Crippen LogP contribution in [0.5, 0.6) is 11.5 Å². The number of aliphatic hydroxyl groups is 1. The second-order valence-electron chi connectivity index (χ2n) is 13.6. The molecule has 0 aliphatic heterocycles. The highest BCUT2D eigenvalue weighted by Crippen LogP contribution is 2.35. The number of benzene rings is 2. The largest absolute Gasteiger partial charge is 0.507 e. The summed E-state index contributed by atoms with van der Waals surface area (Å²) in [6.07, 6.45) is 18.6. The minimum atomic E-state index is -0.755. The van der Waals surface area contributed by atoms with Crippen LogP contribution in [-0.2, 0) is 4.74 Å². The highest BCUT2D eigenvalue weighted by molar-refractivity contribution is 5.73. The van der Waals surface area contributed by atoms with E-state index in [1.165, 1.54) is 68.9 Å². The molecule has 0 saturated carbocycles. The van der Waals surface area contributed by atoms with Gasteiger partial charge in [-0.25, -0.2) is 15.0 Å². The van der Waals surface area contributed by atoms with E-state index in [4.69, 9.17) is 24.4 Å². The third-order valence-electron chi connectivity index (χ3n) is 9.08. The highest BCUT2D eigenvalue weighted by atomic mass is 16.5. The lowest BCUT2D eigenvalue weighted by Gasteiger charge is -2.20. The molecule has 7 nitrogen and oxygen atoms in total.